The molecule has 0 radical (unpaired) electrons. The van der Waals surface area contributed by atoms with Crippen LogP contribution in [0.4, 0.5) is 5.69 Å². The summed E-state index contributed by atoms with van der Waals surface area (Å²) in [6.07, 6.45) is 0.394. The summed E-state index contributed by atoms with van der Waals surface area (Å²) in [6, 6.07) is 19.7. The molecule has 0 saturated carbocycles. The Morgan fingerprint density at radius 3 is 2.20 bits per heavy atom. The number of nitrogens with one attached hydrogen (secondary N) is 1. The van der Waals surface area contributed by atoms with Gasteiger partial charge in [0.25, 0.3) is 0 Å². The van der Waals surface area contributed by atoms with Gasteiger partial charge in [-0.2, -0.15) is 0 Å². The number of carbonyl (C=O) groups excluding carboxylic acids is 1. The molecule has 0 aliphatic heterocycles. The number of para-hydroxylation sites is 1. The Morgan fingerprint density at radius 1 is 1.04 bits per heavy atom. The fourth-order valence-corrected chi connectivity index (χ4v) is 2.92. The first kappa shape index (κ1) is 19.2. The van der Waals surface area contributed by atoms with Gasteiger partial charge in [0.05, 0.1) is 6.61 Å². The molecule has 1 amide bonds. The van der Waals surface area contributed by atoms with E-state index in [1.807, 2.05) is 48.5 Å². The quantitative estimate of drug-likeness (QED) is 0.734. The topological polar surface area (TPSA) is 52.6 Å². The van der Waals surface area contributed by atoms with Crippen molar-refractivity contribution in [2.24, 2.45) is 5.92 Å². The van der Waals surface area contributed by atoms with Gasteiger partial charge in [-0.15, -0.1) is 0 Å². The molecule has 2 N–H and O–H groups in total. The highest BCUT2D eigenvalue weighted by Gasteiger charge is 2.22. The molecule has 2 rings (SSSR count). The third kappa shape index (κ3) is 6.33. The molecule has 2 aromatic carbocycles. The smallest absolute Gasteiger partial charge is 0.225 e. The van der Waals surface area contributed by atoms with Crippen LogP contribution in [0.25, 0.3) is 0 Å². The van der Waals surface area contributed by atoms with E-state index in [2.05, 4.69) is 36.2 Å². The highest BCUT2D eigenvalue weighted by molar-refractivity contribution is 5.90. The van der Waals surface area contributed by atoms with Gasteiger partial charge in [0.1, 0.15) is 0 Å². The van der Waals surface area contributed by atoms with E-state index in [1.165, 1.54) is 5.56 Å². The summed E-state index contributed by atoms with van der Waals surface area (Å²) in [5.41, 5.74) is 2.00. The Hall–Kier alpha value is -2.17. The molecule has 0 heterocycles. The molecule has 1 unspecified atom stereocenters. The maximum absolute atomic E-state index is 12.2. The van der Waals surface area contributed by atoms with Crippen molar-refractivity contribution in [2.75, 3.05) is 18.5 Å². The molecule has 0 fully saturated rings. The molecular formula is C21H28N2O2. The minimum atomic E-state index is -0.00953. The molecule has 0 aromatic heterocycles. The lowest BCUT2D eigenvalue weighted by molar-refractivity contribution is -0.116. The van der Waals surface area contributed by atoms with Crippen LogP contribution >= 0.6 is 0 Å². The molecule has 0 aliphatic carbocycles. The van der Waals surface area contributed by atoms with Crippen molar-refractivity contribution < 1.29 is 9.90 Å². The number of benzene rings is 2. The minimum absolute atomic E-state index is 0.00953. The molecule has 0 bridgehead atoms. The average Bonchev–Trinajstić information content (AvgIpc) is 2.61. The first-order chi connectivity index (χ1) is 12.1. The Balaban J connectivity index is 1.98. The van der Waals surface area contributed by atoms with Gasteiger partial charge in [0.2, 0.25) is 5.91 Å². The van der Waals surface area contributed by atoms with Crippen LogP contribution in [0.5, 0.6) is 0 Å². The number of nitrogens with zero attached hydrogens (tertiary/aromatic N) is 1. The van der Waals surface area contributed by atoms with E-state index in [4.69, 9.17) is 0 Å². The lowest BCUT2D eigenvalue weighted by Gasteiger charge is -2.33. The number of anilines is 1. The molecule has 134 valence electrons. The summed E-state index contributed by atoms with van der Waals surface area (Å²) in [6.45, 7) is 5.62. The van der Waals surface area contributed by atoms with Crippen LogP contribution in [0, 0.1) is 5.92 Å². The van der Waals surface area contributed by atoms with Crippen molar-refractivity contribution in [2.45, 2.75) is 32.9 Å². The fourth-order valence-electron chi connectivity index (χ4n) is 2.92. The van der Waals surface area contributed by atoms with E-state index in [9.17, 15) is 9.90 Å². The maximum Gasteiger partial charge on any atom is 0.225 e. The van der Waals surface area contributed by atoms with Gasteiger partial charge in [0.15, 0.2) is 0 Å². The highest BCUT2D eigenvalue weighted by Crippen LogP contribution is 2.16. The Bertz CT molecular complexity index is 629. The first-order valence-electron chi connectivity index (χ1n) is 8.84. The van der Waals surface area contributed by atoms with Crippen molar-refractivity contribution in [3.63, 3.8) is 0 Å². The number of amides is 1. The number of rotatable bonds is 9. The van der Waals surface area contributed by atoms with Gasteiger partial charge in [-0.3, -0.25) is 9.69 Å². The zero-order chi connectivity index (χ0) is 18.1. The van der Waals surface area contributed by atoms with E-state index < -0.39 is 0 Å². The van der Waals surface area contributed by atoms with E-state index in [0.717, 1.165) is 12.2 Å². The van der Waals surface area contributed by atoms with Gasteiger partial charge < -0.3 is 10.4 Å². The van der Waals surface area contributed by atoms with Gasteiger partial charge in [-0.25, -0.2) is 0 Å². The Kier molecular flexibility index (Phi) is 7.64. The molecule has 4 heteroatoms. The summed E-state index contributed by atoms with van der Waals surface area (Å²) >= 11 is 0. The predicted octanol–water partition coefficient (Wildman–Crippen LogP) is 3.53. The number of carbonyl (C=O) groups is 1. The molecular weight excluding hydrogens is 312 g/mol. The molecule has 0 saturated heterocycles. The van der Waals surface area contributed by atoms with Gasteiger partial charge >= 0.3 is 0 Å². The standard InChI is InChI=1S/C21H28N2O2/c1-17(2)20(16-24)23(15-18-9-5-3-6-10-18)14-13-21(25)22-19-11-7-4-8-12-19/h3-12,17,20,24H,13-16H2,1-2H3,(H,22,25). The molecule has 2 aromatic rings. The molecule has 25 heavy (non-hydrogen) atoms. The van der Waals surface area contributed by atoms with E-state index in [1.54, 1.807) is 0 Å². The van der Waals surface area contributed by atoms with Crippen LogP contribution in [0.1, 0.15) is 25.8 Å². The lowest BCUT2D eigenvalue weighted by atomic mass is 10.0. The summed E-state index contributed by atoms with van der Waals surface area (Å²) in [5.74, 6) is 0.301. The van der Waals surface area contributed by atoms with Crippen molar-refractivity contribution in [3.05, 3.63) is 66.2 Å². The van der Waals surface area contributed by atoms with Crippen LogP contribution in [-0.4, -0.2) is 35.1 Å². The van der Waals surface area contributed by atoms with Crippen LogP contribution in [0.15, 0.2) is 60.7 Å². The normalized spacial score (nSPS) is 12.4. The Labute approximate surface area is 150 Å². The molecule has 4 nitrogen and oxygen atoms in total. The number of aliphatic hydroxyl groups is 1. The third-order valence-corrected chi connectivity index (χ3v) is 4.34. The second-order valence-corrected chi connectivity index (χ2v) is 6.61. The number of hydrogen-bond acceptors (Lipinski definition) is 3. The van der Waals surface area contributed by atoms with E-state index >= 15 is 0 Å². The Morgan fingerprint density at radius 2 is 1.64 bits per heavy atom. The van der Waals surface area contributed by atoms with Crippen LogP contribution in [0.2, 0.25) is 0 Å². The second kappa shape index (κ2) is 9.97. The summed E-state index contributed by atoms with van der Waals surface area (Å²) in [4.78, 5) is 14.4. The van der Waals surface area contributed by atoms with Crippen LogP contribution in [-0.2, 0) is 11.3 Å². The summed E-state index contributed by atoms with van der Waals surface area (Å²) in [7, 11) is 0. The van der Waals surface area contributed by atoms with E-state index in [0.29, 0.717) is 18.9 Å². The highest BCUT2D eigenvalue weighted by atomic mass is 16.3. The van der Waals surface area contributed by atoms with Gasteiger partial charge in [0, 0.05) is 31.2 Å². The minimum Gasteiger partial charge on any atom is -0.395 e. The second-order valence-electron chi connectivity index (χ2n) is 6.61. The maximum atomic E-state index is 12.2. The van der Waals surface area contributed by atoms with Crippen LogP contribution in [0.3, 0.4) is 0 Å². The third-order valence-electron chi connectivity index (χ3n) is 4.34. The van der Waals surface area contributed by atoms with Crippen molar-refractivity contribution in [1.29, 1.82) is 0 Å². The fraction of sp³-hybridized carbons (Fsp3) is 0.381. The monoisotopic (exact) mass is 340 g/mol. The van der Waals surface area contributed by atoms with Crippen molar-refractivity contribution in [3.8, 4) is 0 Å². The van der Waals surface area contributed by atoms with Crippen molar-refractivity contribution in [1.82, 2.24) is 4.90 Å². The number of aliphatic hydroxyl groups excluding tert-OH is 1. The van der Waals surface area contributed by atoms with E-state index in [-0.39, 0.29) is 18.6 Å². The number of hydrogen-bond donors (Lipinski definition) is 2. The molecule has 0 spiro atoms. The average molecular weight is 340 g/mol. The summed E-state index contributed by atoms with van der Waals surface area (Å²) < 4.78 is 0. The zero-order valence-electron chi connectivity index (χ0n) is 15.1. The van der Waals surface area contributed by atoms with Gasteiger partial charge in [-0.05, 0) is 23.6 Å². The molecule has 1 atom stereocenters. The van der Waals surface area contributed by atoms with Crippen LogP contribution < -0.4 is 5.32 Å². The SMILES string of the molecule is CC(C)C(CO)N(CCC(=O)Nc1ccccc1)Cc1ccccc1. The zero-order valence-corrected chi connectivity index (χ0v) is 15.1. The summed E-state index contributed by atoms with van der Waals surface area (Å²) in [5, 5.41) is 12.7. The predicted molar refractivity (Wildman–Crippen MR) is 102 cm³/mol. The first-order valence-corrected chi connectivity index (χ1v) is 8.84. The molecule has 0 aliphatic rings. The van der Waals surface area contributed by atoms with Crippen molar-refractivity contribution >= 4 is 11.6 Å². The largest absolute Gasteiger partial charge is 0.395 e. The lowest BCUT2D eigenvalue weighted by Crippen LogP contribution is -2.42. The van der Waals surface area contributed by atoms with Gasteiger partial charge in [-0.1, -0.05) is 62.4 Å².